The summed E-state index contributed by atoms with van der Waals surface area (Å²) in [6.45, 7) is 3.35. The summed E-state index contributed by atoms with van der Waals surface area (Å²) in [7, 11) is 0. The lowest BCUT2D eigenvalue weighted by Gasteiger charge is -2.28. The number of allylic oxidation sites excluding steroid dienone is 1. The van der Waals surface area contributed by atoms with Crippen LogP contribution in [0, 0.1) is 0 Å². The van der Waals surface area contributed by atoms with E-state index in [0.29, 0.717) is 5.69 Å². The first kappa shape index (κ1) is 15.4. The number of hydrogen-bond acceptors (Lipinski definition) is 3. The van der Waals surface area contributed by atoms with Gasteiger partial charge in [-0.2, -0.15) is 0 Å². The molecule has 5 rings (SSSR count). The molecule has 1 aromatic heterocycles. The van der Waals surface area contributed by atoms with Crippen molar-refractivity contribution >= 4 is 28.4 Å². The van der Waals surface area contributed by atoms with Crippen LogP contribution < -0.4 is 4.90 Å². The number of carbonyl (C=O) groups excluding carboxylic acids is 1. The third-order valence-electron chi connectivity index (χ3n) is 5.27. The smallest absolute Gasteiger partial charge is 0.209 e. The number of aromatic amines is 1. The van der Waals surface area contributed by atoms with Crippen LogP contribution in [0.25, 0.3) is 17.0 Å². The van der Waals surface area contributed by atoms with Gasteiger partial charge in [0.1, 0.15) is 0 Å². The first-order valence-corrected chi connectivity index (χ1v) is 9.07. The molecule has 4 heteroatoms. The average Bonchev–Trinajstić information content (AvgIpc) is 3.33. The summed E-state index contributed by atoms with van der Waals surface area (Å²) in [5.41, 5.74) is 5.99. The van der Waals surface area contributed by atoms with Crippen LogP contribution in [-0.2, 0) is 11.2 Å². The van der Waals surface area contributed by atoms with Gasteiger partial charge in [0.15, 0.2) is 0 Å². The molecule has 2 aliphatic rings. The van der Waals surface area contributed by atoms with E-state index in [1.807, 2.05) is 18.2 Å². The Morgan fingerprint density at radius 3 is 2.81 bits per heavy atom. The van der Waals surface area contributed by atoms with Gasteiger partial charge < -0.3 is 14.6 Å². The van der Waals surface area contributed by atoms with Crippen molar-refractivity contribution in [2.45, 2.75) is 6.42 Å². The van der Waals surface area contributed by atoms with E-state index < -0.39 is 0 Å². The van der Waals surface area contributed by atoms with E-state index in [2.05, 4.69) is 46.3 Å². The predicted molar refractivity (Wildman–Crippen MR) is 104 cm³/mol. The topological polar surface area (TPSA) is 45.3 Å². The molecule has 4 nitrogen and oxygen atoms in total. The van der Waals surface area contributed by atoms with E-state index in [4.69, 9.17) is 4.74 Å². The normalized spacial score (nSPS) is 16.2. The lowest BCUT2D eigenvalue weighted by molar-refractivity contribution is 0.103. The van der Waals surface area contributed by atoms with Crippen molar-refractivity contribution in [1.29, 1.82) is 0 Å². The van der Waals surface area contributed by atoms with Crippen LogP contribution in [-0.4, -0.2) is 37.1 Å². The molecule has 1 saturated heterocycles. The minimum atomic E-state index is 0.0391. The largest absolute Gasteiger partial charge is 0.378 e. The third-order valence-corrected chi connectivity index (χ3v) is 5.27. The Bertz CT molecular complexity index is 1030. The van der Waals surface area contributed by atoms with Crippen molar-refractivity contribution in [3.05, 3.63) is 70.9 Å². The van der Waals surface area contributed by atoms with Gasteiger partial charge in [-0.1, -0.05) is 24.3 Å². The standard InChI is InChI=1S/C22H20N2O2/c25-22(17-5-4-15-2-1-3-16(15)12-17)21-14-18-13-19(6-7-20(18)23-21)24-8-10-26-11-9-24/h1,3-7,12-14,23H,2,8-11H2. The van der Waals surface area contributed by atoms with Crippen molar-refractivity contribution in [2.24, 2.45) is 0 Å². The number of morpholine rings is 1. The summed E-state index contributed by atoms with van der Waals surface area (Å²) in [4.78, 5) is 18.5. The summed E-state index contributed by atoms with van der Waals surface area (Å²) < 4.78 is 5.43. The lowest BCUT2D eigenvalue weighted by atomic mass is 10.0. The molecule has 1 aliphatic carbocycles. The van der Waals surface area contributed by atoms with Crippen LogP contribution in [0.1, 0.15) is 27.2 Å². The Morgan fingerprint density at radius 1 is 1.04 bits per heavy atom. The molecule has 2 heterocycles. The van der Waals surface area contributed by atoms with Crippen molar-refractivity contribution in [3.63, 3.8) is 0 Å². The number of rotatable bonds is 3. The highest BCUT2D eigenvalue weighted by atomic mass is 16.5. The number of fused-ring (bicyclic) bond motifs is 2. The molecule has 0 bridgehead atoms. The zero-order valence-electron chi connectivity index (χ0n) is 14.5. The van der Waals surface area contributed by atoms with Gasteiger partial charge in [-0.25, -0.2) is 0 Å². The number of ketones is 1. The van der Waals surface area contributed by atoms with Gasteiger partial charge in [-0.3, -0.25) is 4.79 Å². The summed E-state index contributed by atoms with van der Waals surface area (Å²) in [6.07, 6.45) is 5.18. The van der Waals surface area contributed by atoms with Crippen LogP contribution in [0.5, 0.6) is 0 Å². The molecular formula is C22H20N2O2. The van der Waals surface area contributed by atoms with E-state index in [1.54, 1.807) is 0 Å². The third kappa shape index (κ3) is 2.63. The highest BCUT2D eigenvalue weighted by Crippen LogP contribution is 2.26. The van der Waals surface area contributed by atoms with Crippen LogP contribution in [0.15, 0.2) is 48.5 Å². The van der Waals surface area contributed by atoms with Crippen LogP contribution in [0.3, 0.4) is 0 Å². The minimum absolute atomic E-state index is 0.0391. The van der Waals surface area contributed by atoms with Crippen molar-refractivity contribution in [3.8, 4) is 0 Å². The van der Waals surface area contributed by atoms with Crippen LogP contribution >= 0.6 is 0 Å². The summed E-state index contributed by atoms with van der Waals surface area (Å²) >= 11 is 0. The maximum Gasteiger partial charge on any atom is 0.209 e. The Labute approximate surface area is 152 Å². The number of carbonyl (C=O) groups is 1. The van der Waals surface area contributed by atoms with Crippen molar-refractivity contribution < 1.29 is 9.53 Å². The number of anilines is 1. The quantitative estimate of drug-likeness (QED) is 0.735. The number of ether oxygens (including phenoxy) is 1. The Hall–Kier alpha value is -2.85. The Morgan fingerprint density at radius 2 is 1.92 bits per heavy atom. The lowest BCUT2D eigenvalue weighted by Crippen LogP contribution is -2.36. The number of nitrogens with zero attached hydrogens (tertiary/aromatic N) is 1. The van der Waals surface area contributed by atoms with Gasteiger partial charge in [-0.15, -0.1) is 0 Å². The number of aromatic nitrogens is 1. The van der Waals surface area contributed by atoms with Crippen molar-refractivity contribution in [2.75, 3.05) is 31.2 Å². The van der Waals surface area contributed by atoms with Gasteiger partial charge >= 0.3 is 0 Å². The highest BCUT2D eigenvalue weighted by molar-refractivity contribution is 6.10. The van der Waals surface area contributed by atoms with E-state index in [9.17, 15) is 4.79 Å². The zero-order valence-corrected chi connectivity index (χ0v) is 14.5. The first-order chi connectivity index (χ1) is 12.8. The average molecular weight is 344 g/mol. The Balaban J connectivity index is 1.47. The fourth-order valence-corrected chi connectivity index (χ4v) is 3.81. The van der Waals surface area contributed by atoms with E-state index in [1.165, 1.54) is 11.3 Å². The molecule has 0 amide bonds. The molecule has 0 spiro atoms. The van der Waals surface area contributed by atoms with Crippen molar-refractivity contribution in [1.82, 2.24) is 4.98 Å². The summed E-state index contributed by atoms with van der Waals surface area (Å²) in [6, 6.07) is 14.3. The number of nitrogens with one attached hydrogen (secondary N) is 1. The second kappa shape index (κ2) is 6.15. The predicted octanol–water partition coefficient (Wildman–Crippen LogP) is 3.80. The molecule has 2 aromatic carbocycles. The SMILES string of the molecule is O=C(c1ccc2c(c1)C=CC2)c1cc2cc(N3CCOCC3)ccc2[nH]1. The molecule has 1 aliphatic heterocycles. The maximum absolute atomic E-state index is 12.9. The monoisotopic (exact) mass is 344 g/mol. The van der Waals surface area contributed by atoms with Gasteiger partial charge in [0.05, 0.1) is 18.9 Å². The maximum atomic E-state index is 12.9. The van der Waals surface area contributed by atoms with Crippen LogP contribution in [0.2, 0.25) is 0 Å². The fraction of sp³-hybridized carbons (Fsp3) is 0.227. The second-order valence-corrected chi connectivity index (χ2v) is 6.90. The molecule has 130 valence electrons. The number of hydrogen-bond donors (Lipinski definition) is 1. The van der Waals surface area contributed by atoms with Crippen LogP contribution in [0.4, 0.5) is 5.69 Å². The molecule has 3 aromatic rings. The van der Waals surface area contributed by atoms with Gasteiger partial charge in [0, 0.05) is 35.2 Å². The van der Waals surface area contributed by atoms with Gasteiger partial charge in [0.2, 0.25) is 5.78 Å². The minimum Gasteiger partial charge on any atom is -0.378 e. The number of H-pyrrole nitrogens is 1. The first-order valence-electron chi connectivity index (χ1n) is 9.07. The highest BCUT2D eigenvalue weighted by Gasteiger charge is 2.16. The van der Waals surface area contributed by atoms with E-state index >= 15 is 0 Å². The van der Waals surface area contributed by atoms with E-state index in [0.717, 1.165) is 54.8 Å². The number of benzene rings is 2. The molecule has 0 saturated carbocycles. The zero-order chi connectivity index (χ0) is 17.5. The fourth-order valence-electron chi connectivity index (χ4n) is 3.81. The summed E-state index contributed by atoms with van der Waals surface area (Å²) in [5, 5.41) is 1.07. The van der Waals surface area contributed by atoms with Gasteiger partial charge in [0.25, 0.3) is 0 Å². The van der Waals surface area contributed by atoms with E-state index in [-0.39, 0.29) is 5.78 Å². The molecule has 0 radical (unpaired) electrons. The molecule has 0 unspecified atom stereocenters. The molecule has 1 fully saturated rings. The second-order valence-electron chi connectivity index (χ2n) is 6.90. The molecule has 26 heavy (non-hydrogen) atoms. The summed E-state index contributed by atoms with van der Waals surface area (Å²) in [5.74, 6) is 0.0391. The van der Waals surface area contributed by atoms with Gasteiger partial charge in [-0.05, 0) is 47.9 Å². The Kier molecular flexibility index (Phi) is 3.64. The molecule has 0 atom stereocenters. The molecule has 1 N–H and O–H groups in total. The molecular weight excluding hydrogens is 324 g/mol.